The lowest BCUT2D eigenvalue weighted by Crippen LogP contribution is -2.21. The maximum Gasteiger partial charge on any atom is 0.200 e. The first-order valence-electron chi connectivity index (χ1n) is 5.40. The average molecular weight is 247 g/mol. The normalized spacial score (nSPS) is 10.4. The molecule has 0 aliphatic carbocycles. The van der Waals surface area contributed by atoms with E-state index in [1.54, 1.807) is 12.1 Å². The fraction of sp³-hybridized carbons (Fsp3) is 0.250. The van der Waals surface area contributed by atoms with Crippen molar-refractivity contribution in [3.05, 3.63) is 45.7 Å². The van der Waals surface area contributed by atoms with E-state index in [0.717, 1.165) is 11.4 Å². The highest BCUT2D eigenvalue weighted by atomic mass is 32.1. The molecule has 0 fully saturated rings. The number of ketones is 1. The van der Waals surface area contributed by atoms with Crippen LogP contribution in [0.3, 0.4) is 0 Å². The molecule has 1 aromatic heterocycles. The zero-order chi connectivity index (χ0) is 12.3. The first kappa shape index (κ1) is 11.7. The van der Waals surface area contributed by atoms with Crippen LogP contribution in [0.1, 0.15) is 22.3 Å². The average Bonchev–Trinajstić information content (AvgIpc) is 2.71. The van der Waals surface area contributed by atoms with E-state index in [1.165, 1.54) is 16.0 Å². The van der Waals surface area contributed by atoms with Gasteiger partial charge in [-0.25, -0.2) is 4.68 Å². The van der Waals surface area contributed by atoms with Crippen molar-refractivity contribution in [3.63, 3.8) is 0 Å². The second-order valence-corrected chi connectivity index (χ2v) is 4.66. The summed E-state index contributed by atoms with van der Waals surface area (Å²) in [7, 11) is 0. The Morgan fingerprint density at radius 2 is 2.12 bits per heavy atom. The Balaban J connectivity index is 2.19. The molecule has 1 N–H and O–H groups in total. The van der Waals surface area contributed by atoms with E-state index in [4.69, 9.17) is 5.41 Å². The molecule has 0 aliphatic heterocycles. The molecule has 0 saturated carbocycles. The summed E-state index contributed by atoms with van der Waals surface area (Å²) < 4.78 is 1.46. The number of carbonyl (C=O) groups excluding carboxylic acids is 1. The van der Waals surface area contributed by atoms with E-state index in [1.807, 2.05) is 25.1 Å². The van der Waals surface area contributed by atoms with Crippen molar-refractivity contribution in [1.82, 2.24) is 9.78 Å². The third kappa shape index (κ3) is 2.68. The molecular formula is C12H13N3OS. The van der Waals surface area contributed by atoms with Gasteiger partial charge in [0.15, 0.2) is 5.78 Å². The van der Waals surface area contributed by atoms with Crippen molar-refractivity contribution >= 4 is 17.1 Å². The molecule has 0 spiro atoms. The third-order valence-electron chi connectivity index (χ3n) is 2.37. The van der Waals surface area contributed by atoms with Crippen molar-refractivity contribution in [2.24, 2.45) is 0 Å². The SMILES string of the molecule is CCc1nn(CC(=O)c2ccccc2)c(=N)s1. The van der Waals surface area contributed by atoms with Gasteiger partial charge in [-0.3, -0.25) is 10.2 Å². The van der Waals surface area contributed by atoms with Gasteiger partial charge < -0.3 is 0 Å². The van der Waals surface area contributed by atoms with Crippen molar-refractivity contribution in [3.8, 4) is 0 Å². The largest absolute Gasteiger partial charge is 0.292 e. The second kappa shape index (κ2) is 5.05. The van der Waals surface area contributed by atoms with Gasteiger partial charge in [0.1, 0.15) is 11.6 Å². The summed E-state index contributed by atoms with van der Waals surface area (Å²) in [5, 5.41) is 12.8. The quantitative estimate of drug-likeness (QED) is 0.838. The molecule has 0 aliphatic rings. The highest BCUT2D eigenvalue weighted by Gasteiger charge is 2.09. The minimum absolute atomic E-state index is 0.0166. The third-order valence-corrected chi connectivity index (χ3v) is 3.38. The lowest BCUT2D eigenvalue weighted by Gasteiger charge is -2.00. The number of Topliss-reactive ketones (excluding diaryl/α,β-unsaturated/α-hetero) is 1. The highest BCUT2D eigenvalue weighted by Crippen LogP contribution is 2.03. The Morgan fingerprint density at radius 3 is 2.71 bits per heavy atom. The molecule has 1 heterocycles. The smallest absolute Gasteiger partial charge is 0.200 e. The van der Waals surface area contributed by atoms with Crippen molar-refractivity contribution in [1.29, 1.82) is 5.41 Å². The minimum Gasteiger partial charge on any atom is -0.292 e. The number of nitrogens with one attached hydrogen (secondary N) is 1. The predicted molar refractivity (Wildman–Crippen MR) is 66.1 cm³/mol. The van der Waals surface area contributed by atoms with E-state index >= 15 is 0 Å². The zero-order valence-electron chi connectivity index (χ0n) is 9.51. The Hall–Kier alpha value is -1.75. The number of hydrogen-bond donors (Lipinski definition) is 1. The van der Waals surface area contributed by atoms with Gasteiger partial charge in [-0.2, -0.15) is 5.10 Å². The van der Waals surface area contributed by atoms with Crippen LogP contribution in [0.25, 0.3) is 0 Å². The molecule has 88 valence electrons. The van der Waals surface area contributed by atoms with Crippen LogP contribution >= 0.6 is 11.3 Å². The molecule has 0 bridgehead atoms. The zero-order valence-corrected chi connectivity index (χ0v) is 10.3. The van der Waals surface area contributed by atoms with Gasteiger partial charge in [-0.05, 0) is 6.42 Å². The summed E-state index contributed by atoms with van der Waals surface area (Å²) in [5.74, 6) is -0.0166. The second-order valence-electron chi connectivity index (χ2n) is 3.60. The Kier molecular flexibility index (Phi) is 3.49. The van der Waals surface area contributed by atoms with Crippen LogP contribution in [0.4, 0.5) is 0 Å². The molecule has 1 aromatic carbocycles. The summed E-state index contributed by atoms with van der Waals surface area (Å²) in [6.07, 6.45) is 0.795. The number of nitrogens with zero attached hydrogens (tertiary/aromatic N) is 2. The van der Waals surface area contributed by atoms with Crippen LogP contribution in [-0.2, 0) is 13.0 Å². The number of rotatable bonds is 4. The van der Waals surface area contributed by atoms with Crippen LogP contribution in [0.15, 0.2) is 30.3 Å². The van der Waals surface area contributed by atoms with Crippen LogP contribution < -0.4 is 4.80 Å². The van der Waals surface area contributed by atoms with E-state index in [2.05, 4.69) is 5.10 Å². The van der Waals surface area contributed by atoms with Gasteiger partial charge in [0.25, 0.3) is 0 Å². The number of aromatic nitrogens is 2. The molecule has 0 atom stereocenters. The molecule has 0 radical (unpaired) electrons. The molecule has 2 aromatic rings. The molecular weight excluding hydrogens is 234 g/mol. The van der Waals surface area contributed by atoms with E-state index in [-0.39, 0.29) is 12.3 Å². The van der Waals surface area contributed by atoms with Gasteiger partial charge >= 0.3 is 0 Å². The number of hydrogen-bond acceptors (Lipinski definition) is 4. The fourth-order valence-corrected chi connectivity index (χ4v) is 2.18. The standard InChI is InChI=1S/C12H13N3OS/c1-2-11-14-15(12(13)17-11)8-10(16)9-6-4-3-5-7-9/h3-7,13H,2,8H2,1H3. The Bertz CT molecular complexity index is 571. The summed E-state index contributed by atoms with van der Waals surface area (Å²) >= 11 is 1.32. The summed E-state index contributed by atoms with van der Waals surface area (Å²) in [6, 6.07) is 9.09. The molecule has 0 unspecified atom stereocenters. The first-order valence-corrected chi connectivity index (χ1v) is 6.22. The van der Waals surface area contributed by atoms with Crippen molar-refractivity contribution < 1.29 is 4.79 Å². The predicted octanol–water partition coefficient (Wildman–Crippen LogP) is 1.87. The lowest BCUT2D eigenvalue weighted by molar-refractivity contribution is 0.0966. The first-order chi connectivity index (χ1) is 8.20. The molecule has 17 heavy (non-hydrogen) atoms. The molecule has 5 heteroatoms. The Labute approximate surface area is 103 Å². The number of aryl methyl sites for hydroxylation is 1. The highest BCUT2D eigenvalue weighted by molar-refractivity contribution is 7.08. The van der Waals surface area contributed by atoms with Crippen LogP contribution in [-0.4, -0.2) is 15.6 Å². The van der Waals surface area contributed by atoms with Gasteiger partial charge in [-0.1, -0.05) is 48.6 Å². The van der Waals surface area contributed by atoms with Crippen LogP contribution in [0.2, 0.25) is 0 Å². The molecule has 0 saturated heterocycles. The summed E-state index contributed by atoms with van der Waals surface area (Å²) in [6.45, 7) is 2.13. The topological polar surface area (TPSA) is 58.7 Å². The number of carbonyl (C=O) groups is 1. The van der Waals surface area contributed by atoms with Gasteiger partial charge in [0.05, 0.1) is 0 Å². The van der Waals surface area contributed by atoms with Gasteiger partial charge in [0, 0.05) is 5.56 Å². The molecule has 0 amide bonds. The summed E-state index contributed by atoms with van der Waals surface area (Å²) in [5.41, 5.74) is 0.658. The lowest BCUT2D eigenvalue weighted by atomic mass is 10.1. The summed E-state index contributed by atoms with van der Waals surface area (Å²) in [4.78, 5) is 12.2. The van der Waals surface area contributed by atoms with Gasteiger partial charge in [-0.15, -0.1) is 0 Å². The maximum atomic E-state index is 11.9. The van der Waals surface area contributed by atoms with Crippen molar-refractivity contribution in [2.75, 3.05) is 0 Å². The fourth-order valence-electron chi connectivity index (χ4n) is 1.47. The van der Waals surface area contributed by atoms with Crippen LogP contribution in [0, 0.1) is 5.41 Å². The van der Waals surface area contributed by atoms with Gasteiger partial charge in [0.2, 0.25) is 4.80 Å². The minimum atomic E-state index is -0.0166. The van der Waals surface area contributed by atoms with E-state index < -0.39 is 0 Å². The number of benzene rings is 1. The maximum absolute atomic E-state index is 11.9. The van der Waals surface area contributed by atoms with E-state index in [0.29, 0.717) is 10.4 Å². The molecule has 4 nitrogen and oxygen atoms in total. The monoisotopic (exact) mass is 247 g/mol. The van der Waals surface area contributed by atoms with Crippen LogP contribution in [0.5, 0.6) is 0 Å². The van der Waals surface area contributed by atoms with E-state index in [9.17, 15) is 4.79 Å². The van der Waals surface area contributed by atoms with Crippen molar-refractivity contribution in [2.45, 2.75) is 19.9 Å². The molecule has 2 rings (SSSR count). The Morgan fingerprint density at radius 1 is 1.41 bits per heavy atom.